The molecule has 0 bridgehead atoms. The SMILES string of the molecule is COc1ccc(CN(C)CCN)c(OC)c1OC. The van der Waals surface area contributed by atoms with Crippen LogP contribution in [0.2, 0.25) is 0 Å². The molecule has 0 saturated carbocycles. The minimum atomic E-state index is 0.624. The minimum absolute atomic E-state index is 0.624. The predicted molar refractivity (Wildman–Crippen MR) is 71.5 cm³/mol. The molecule has 1 rings (SSSR count). The molecule has 0 saturated heterocycles. The summed E-state index contributed by atoms with van der Waals surface area (Å²) in [5, 5.41) is 0. The molecule has 5 nitrogen and oxygen atoms in total. The number of benzene rings is 1. The Kier molecular flexibility index (Phi) is 5.74. The summed E-state index contributed by atoms with van der Waals surface area (Å²) in [4.78, 5) is 2.13. The van der Waals surface area contributed by atoms with E-state index in [-0.39, 0.29) is 0 Å². The maximum absolute atomic E-state index is 5.54. The van der Waals surface area contributed by atoms with Gasteiger partial charge in [-0.1, -0.05) is 6.07 Å². The summed E-state index contributed by atoms with van der Waals surface area (Å²) in [7, 11) is 6.86. The molecule has 0 atom stereocenters. The van der Waals surface area contributed by atoms with Crippen molar-refractivity contribution in [3.05, 3.63) is 17.7 Å². The predicted octanol–water partition coefficient (Wildman–Crippen LogP) is 1.10. The van der Waals surface area contributed by atoms with Gasteiger partial charge in [0.25, 0.3) is 0 Å². The van der Waals surface area contributed by atoms with Crippen LogP contribution in [0.15, 0.2) is 12.1 Å². The van der Waals surface area contributed by atoms with Gasteiger partial charge in [-0.3, -0.25) is 0 Å². The molecule has 1 aromatic rings. The van der Waals surface area contributed by atoms with Crippen molar-refractivity contribution in [2.45, 2.75) is 6.54 Å². The van der Waals surface area contributed by atoms with Crippen LogP contribution in [-0.2, 0) is 6.54 Å². The summed E-state index contributed by atoms with van der Waals surface area (Å²) in [5.74, 6) is 2.00. The van der Waals surface area contributed by atoms with Gasteiger partial charge in [0.05, 0.1) is 21.3 Å². The Bertz CT molecular complexity index is 383. The molecule has 2 N–H and O–H groups in total. The number of hydrogen-bond acceptors (Lipinski definition) is 5. The van der Waals surface area contributed by atoms with Gasteiger partial charge in [0.2, 0.25) is 5.75 Å². The van der Waals surface area contributed by atoms with E-state index in [2.05, 4.69) is 4.90 Å². The van der Waals surface area contributed by atoms with Crippen LogP contribution in [-0.4, -0.2) is 46.4 Å². The van der Waals surface area contributed by atoms with E-state index in [0.29, 0.717) is 23.8 Å². The Morgan fingerprint density at radius 3 is 2.22 bits per heavy atom. The Hall–Kier alpha value is -1.46. The molecule has 0 aromatic heterocycles. The first kappa shape index (κ1) is 14.6. The highest BCUT2D eigenvalue weighted by Crippen LogP contribution is 2.39. The first-order valence-electron chi connectivity index (χ1n) is 5.84. The van der Waals surface area contributed by atoms with Gasteiger partial charge in [0.1, 0.15) is 0 Å². The monoisotopic (exact) mass is 254 g/mol. The third-order valence-corrected chi connectivity index (χ3v) is 2.74. The van der Waals surface area contributed by atoms with Crippen LogP contribution in [0.3, 0.4) is 0 Å². The van der Waals surface area contributed by atoms with Gasteiger partial charge in [0.15, 0.2) is 11.5 Å². The van der Waals surface area contributed by atoms with Gasteiger partial charge >= 0.3 is 0 Å². The normalized spacial score (nSPS) is 10.6. The molecule has 1 aromatic carbocycles. The average molecular weight is 254 g/mol. The smallest absolute Gasteiger partial charge is 0.203 e. The van der Waals surface area contributed by atoms with Gasteiger partial charge < -0.3 is 24.8 Å². The number of hydrogen-bond donors (Lipinski definition) is 1. The summed E-state index contributed by atoms with van der Waals surface area (Å²) in [6.45, 7) is 2.21. The molecule has 0 spiro atoms. The van der Waals surface area contributed by atoms with Crippen molar-refractivity contribution in [2.24, 2.45) is 5.73 Å². The van der Waals surface area contributed by atoms with Crippen molar-refractivity contribution in [3.8, 4) is 17.2 Å². The molecule has 0 unspecified atom stereocenters. The highest BCUT2D eigenvalue weighted by Gasteiger charge is 2.16. The lowest BCUT2D eigenvalue weighted by Gasteiger charge is -2.20. The number of methoxy groups -OCH3 is 3. The Morgan fingerprint density at radius 1 is 1.06 bits per heavy atom. The van der Waals surface area contributed by atoms with Gasteiger partial charge in [-0.2, -0.15) is 0 Å². The molecule has 0 heterocycles. The lowest BCUT2D eigenvalue weighted by Crippen LogP contribution is -2.25. The number of likely N-dealkylation sites (N-methyl/N-ethyl adjacent to an activating group) is 1. The van der Waals surface area contributed by atoms with E-state index in [4.69, 9.17) is 19.9 Å². The highest BCUT2D eigenvalue weighted by atomic mass is 16.5. The quantitative estimate of drug-likeness (QED) is 0.789. The maximum Gasteiger partial charge on any atom is 0.203 e. The Balaban J connectivity index is 3.04. The Labute approximate surface area is 108 Å². The molecular weight excluding hydrogens is 232 g/mol. The van der Waals surface area contributed by atoms with Crippen molar-refractivity contribution in [1.82, 2.24) is 4.90 Å². The average Bonchev–Trinajstić information content (AvgIpc) is 2.38. The van der Waals surface area contributed by atoms with E-state index in [9.17, 15) is 0 Å². The van der Waals surface area contributed by atoms with Crippen LogP contribution >= 0.6 is 0 Å². The van der Waals surface area contributed by atoms with Crippen LogP contribution in [0, 0.1) is 0 Å². The minimum Gasteiger partial charge on any atom is -0.493 e. The molecule has 0 amide bonds. The van der Waals surface area contributed by atoms with E-state index < -0.39 is 0 Å². The molecule has 102 valence electrons. The second kappa shape index (κ2) is 7.08. The van der Waals surface area contributed by atoms with Crippen molar-refractivity contribution >= 4 is 0 Å². The summed E-state index contributed by atoms with van der Waals surface area (Å²) in [6, 6.07) is 3.86. The molecule has 0 aliphatic rings. The molecule has 0 fully saturated rings. The van der Waals surface area contributed by atoms with Gasteiger partial charge in [-0.25, -0.2) is 0 Å². The van der Waals surface area contributed by atoms with E-state index >= 15 is 0 Å². The fraction of sp³-hybridized carbons (Fsp3) is 0.538. The molecule has 0 radical (unpaired) electrons. The summed E-state index contributed by atoms with van der Waals surface area (Å²) in [5.41, 5.74) is 6.59. The van der Waals surface area contributed by atoms with Crippen LogP contribution < -0.4 is 19.9 Å². The van der Waals surface area contributed by atoms with Crippen molar-refractivity contribution in [1.29, 1.82) is 0 Å². The zero-order valence-electron chi connectivity index (χ0n) is 11.5. The second-order valence-corrected chi connectivity index (χ2v) is 4.02. The van der Waals surface area contributed by atoms with Crippen molar-refractivity contribution < 1.29 is 14.2 Å². The van der Waals surface area contributed by atoms with Gasteiger partial charge in [-0.15, -0.1) is 0 Å². The van der Waals surface area contributed by atoms with Crippen molar-refractivity contribution in [2.75, 3.05) is 41.5 Å². The summed E-state index contributed by atoms with van der Waals surface area (Å²) in [6.07, 6.45) is 0. The van der Waals surface area contributed by atoms with E-state index in [1.54, 1.807) is 21.3 Å². The topological polar surface area (TPSA) is 57.0 Å². The first-order chi connectivity index (χ1) is 8.67. The van der Waals surface area contributed by atoms with E-state index in [1.807, 2.05) is 19.2 Å². The lowest BCUT2D eigenvalue weighted by molar-refractivity contribution is 0.304. The van der Waals surface area contributed by atoms with Crippen LogP contribution in [0.5, 0.6) is 17.2 Å². The number of ether oxygens (including phenoxy) is 3. The van der Waals surface area contributed by atoms with Crippen LogP contribution in [0.25, 0.3) is 0 Å². The van der Waals surface area contributed by atoms with Gasteiger partial charge in [0, 0.05) is 25.2 Å². The van der Waals surface area contributed by atoms with Gasteiger partial charge in [-0.05, 0) is 13.1 Å². The van der Waals surface area contributed by atoms with E-state index in [1.165, 1.54) is 0 Å². The molecule has 18 heavy (non-hydrogen) atoms. The third-order valence-electron chi connectivity index (χ3n) is 2.74. The number of rotatable bonds is 7. The lowest BCUT2D eigenvalue weighted by atomic mass is 10.1. The van der Waals surface area contributed by atoms with Crippen LogP contribution in [0.4, 0.5) is 0 Å². The fourth-order valence-electron chi connectivity index (χ4n) is 1.88. The highest BCUT2D eigenvalue weighted by molar-refractivity contribution is 5.55. The maximum atomic E-state index is 5.54. The first-order valence-corrected chi connectivity index (χ1v) is 5.84. The Morgan fingerprint density at radius 2 is 1.72 bits per heavy atom. The fourth-order valence-corrected chi connectivity index (χ4v) is 1.88. The zero-order valence-corrected chi connectivity index (χ0v) is 11.5. The number of nitrogens with zero attached hydrogens (tertiary/aromatic N) is 1. The largest absolute Gasteiger partial charge is 0.493 e. The third kappa shape index (κ3) is 3.27. The molecule has 0 aliphatic heterocycles. The summed E-state index contributed by atoms with van der Waals surface area (Å²) >= 11 is 0. The molecule has 5 heteroatoms. The summed E-state index contributed by atoms with van der Waals surface area (Å²) < 4.78 is 16.0. The zero-order chi connectivity index (χ0) is 13.5. The standard InChI is InChI=1S/C13H22N2O3/c1-15(8-7-14)9-10-5-6-11(16-2)13(18-4)12(10)17-3/h5-6H,7-9,14H2,1-4H3. The van der Waals surface area contributed by atoms with E-state index in [0.717, 1.165) is 18.7 Å². The molecule has 0 aliphatic carbocycles. The van der Waals surface area contributed by atoms with Crippen molar-refractivity contribution in [3.63, 3.8) is 0 Å². The number of nitrogens with two attached hydrogens (primary N) is 1. The molecular formula is C13H22N2O3. The van der Waals surface area contributed by atoms with Crippen LogP contribution in [0.1, 0.15) is 5.56 Å². The second-order valence-electron chi connectivity index (χ2n) is 4.02.